The number of alkyl halides is 3. The molecule has 16 heavy (non-hydrogen) atoms. The van der Waals surface area contributed by atoms with E-state index in [9.17, 15) is 13.2 Å². The lowest BCUT2D eigenvalue weighted by Gasteiger charge is -2.29. The molecule has 0 spiro atoms. The van der Waals surface area contributed by atoms with Crippen LogP contribution in [0.5, 0.6) is 0 Å². The molecule has 0 aliphatic carbocycles. The van der Waals surface area contributed by atoms with E-state index >= 15 is 0 Å². The summed E-state index contributed by atoms with van der Waals surface area (Å²) in [5, 5.41) is 0. The van der Waals surface area contributed by atoms with E-state index in [1.807, 2.05) is 4.90 Å². The van der Waals surface area contributed by atoms with Crippen LogP contribution in [0.4, 0.5) is 18.9 Å². The highest BCUT2D eigenvalue weighted by Crippen LogP contribution is 2.31. The van der Waals surface area contributed by atoms with E-state index in [1.54, 1.807) is 6.07 Å². The lowest BCUT2D eigenvalue weighted by Crippen LogP contribution is -2.36. The van der Waals surface area contributed by atoms with Gasteiger partial charge in [-0.1, -0.05) is 6.07 Å². The highest BCUT2D eigenvalue weighted by molar-refractivity contribution is 5.49. The Kier molecular flexibility index (Phi) is 3.05. The van der Waals surface area contributed by atoms with E-state index in [4.69, 9.17) is 4.74 Å². The number of ether oxygens (including phenoxy) is 1. The van der Waals surface area contributed by atoms with Crippen molar-refractivity contribution < 1.29 is 17.9 Å². The van der Waals surface area contributed by atoms with Crippen LogP contribution in [0.1, 0.15) is 5.56 Å². The summed E-state index contributed by atoms with van der Waals surface area (Å²) in [7, 11) is 0. The van der Waals surface area contributed by atoms with Gasteiger partial charge in [0.2, 0.25) is 0 Å². The highest BCUT2D eigenvalue weighted by Gasteiger charge is 2.30. The summed E-state index contributed by atoms with van der Waals surface area (Å²) >= 11 is 0. The second-order valence-corrected chi connectivity index (χ2v) is 3.65. The van der Waals surface area contributed by atoms with Crippen molar-refractivity contribution in [2.24, 2.45) is 0 Å². The Morgan fingerprint density at radius 1 is 1.12 bits per heavy atom. The molecule has 5 heteroatoms. The second kappa shape index (κ2) is 4.33. The Bertz CT molecular complexity index is 358. The highest BCUT2D eigenvalue weighted by atomic mass is 19.4. The predicted octanol–water partition coefficient (Wildman–Crippen LogP) is 2.54. The van der Waals surface area contributed by atoms with E-state index in [0.717, 1.165) is 6.07 Å². The van der Waals surface area contributed by atoms with E-state index in [1.165, 1.54) is 12.1 Å². The predicted molar refractivity (Wildman–Crippen MR) is 54.5 cm³/mol. The maximum Gasteiger partial charge on any atom is 0.416 e. The fourth-order valence-electron chi connectivity index (χ4n) is 1.70. The summed E-state index contributed by atoms with van der Waals surface area (Å²) in [5.74, 6) is 0. The summed E-state index contributed by atoms with van der Waals surface area (Å²) in [4.78, 5) is 1.90. The molecule has 1 aromatic carbocycles. The van der Waals surface area contributed by atoms with Crippen LogP contribution in [0.15, 0.2) is 24.3 Å². The van der Waals surface area contributed by atoms with Crippen LogP contribution < -0.4 is 4.90 Å². The molecule has 0 radical (unpaired) electrons. The molecule has 88 valence electrons. The molecule has 1 saturated heterocycles. The van der Waals surface area contributed by atoms with Gasteiger partial charge in [0.15, 0.2) is 0 Å². The van der Waals surface area contributed by atoms with E-state index in [0.29, 0.717) is 32.0 Å². The summed E-state index contributed by atoms with van der Waals surface area (Å²) in [6, 6.07) is 5.41. The summed E-state index contributed by atoms with van der Waals surface area (Å²) < 4.78 is 42.6. The quantitative estimate of drug-likeness (QED) is 0.736. The van der Waals surface area contributed by atoms with Crippen LogP contribution in [0.2, 0.25) is 0 Å². The molecule has 1 aliphatic heterocycles. The summed E-state index contributed by atoms with van der Waals surface area (Å²) in [6.45, 7) is 2.41. The van der Waals surface area contributed by atoms with Crippen LogP contribution in [0.25, 0.3) is 0 Å². The van der Waals surface area contributed by atoms with Crippen molar-refractivity contribution in [1.29, 1.82) is 0 Å². The van der Waals surface area contributed by atoms with Crippen molar-refractivity contribution in [3.63, 3.8) is 0 Å². The molecule has 1 heterocycles. The van der Waals surface area contributed by atoms with E-state index in [2.05, 4.69) is 0 Å². The molecule has 0 bridgehead atoms. The Balaban J connectivity index is 2.21. The number of rotatable bonds is 1. The van der Waals surface area contributed by atoms with Crippen molar-refractivity contribution in [2.75, 3.05) is 31.2 Å². The molecular formula is C11H12F3NO. The van der Waals surface area contributed by atoms with Gasteiger partial charge in [-0.15, -0.1) is 0 Å². The standard InChI is InChI=1S/C11H12F3NO/c12-11(13,14)9-2-1-3-10(8-9)15-4-6-16-7-5-15/h1-3,8H,4-7H2. The van der Waals surface area contributed by atoms with Gasteiger partial charge in [0.05, 0.1) is 18.8 Å². The molecule has 0 atom stereocenters. The molecule has 2 nitrogen and oxygen atoms in total. The van der Waals surface area contributed by atoms with Gasteiger partial charge >= 0.3 is 6.18 Å². The van der Waals surface area contributed by atoms with Gasteiger partial charge in [-0.05, 0) is 18.2 Å². The minimum absolute atomic E-state index is 0.566. The van der Waals surface area contributed by atoms with Crippen molar-refractivity contribution in [2.45, 2.75) is 6.18 Å². The van der Waals surface area contributed by atoms with Gasteiger partial charge in [-0.25, -0.2) is 0 Å². The maximum atomic E-state index is 12.5. The molecule has 0 unspecified atom stereocenters. The normalized spacial score (nSPS) is 17.6. The zero-order chi connectivity index (χ0) is 11.6. The Labute approximate surface area is 91.6 Å². The van der Waals surface area contributed by atoms with Crippen molar-refractivity contribution >= 4 is 5.69 Å². The number of benzene rings is 1. The van der Waals surface area contributed by atoms with Gasteiger partial charge in [0.1, 0.15) is 0 Å². The lowest BCUT2D eigenvalue weighted by atomic mass is 10.1. The van der Waals surface area contributed by atoms with Crippen LogP contribution >= 0.6 is 0 Å². The van der Waals surface area contributed by atoms with Crippen molar-refractivity contribution in [1.82, 2.24) is 0 Å². The van der Waals surface area contributed by atoms with Crippen LogP contribution in [-0.2, 0) is 10.9 Å². The number of morpholine rings is 1. The van der Waals surface area contributed by atoms with E-state index in [-0.39, 0.29) is 0 Å². The van der Waals surface area contributed by atoms with Crippen molar-refractivity contribution in [3.8, 4) is 0 Å². The Morgan fingerprint density at radius 2 is 1.81 bits per heavy atom. The molecular weight excluding hydrogens is 219 g/mol. The van der Waals surface area contributed by atoms with Gasteiger partial charge in [0.25, 0.3) is 0 Å². The molecule has 1 aliphatic rings. The molecule has 1 aromatic rings. The molecule has 0 N–H and O–H groups in total. The second-order valence-electron chi connectivity index (χ2n) is 3.65. The van der Waals surface area contributed by atoms with Gasteiger partial charge in [-0.3, -0.25) is 0 Å². The number of halogens is 3. The SMILES string of the molecule is FC(F)(F)c1cccc(N2CCOCC2)c1. The number of hydrogen-bond acceptors (Lipinski definition) is 2. The zero-order valence-corrected chi connectivity index (χ0v) is 8.63. The van der Waals surface area contributed by atoms with E-state index < -0.39 is 11.7 Å². The van der Waals surface area contributed by atoms with Crippen LogP contribution in [0.3, 0.4) is 0 Å². The third kappa shape index (κ3) is 2.47. The van der Waals surface area contributed by atoms with Crippen LogP contribution in [-0.4, -0.2) is 26.3 Å². The smallest absolute Gasteiger partial charge is 0.378 e. The van der Waals surface area contributed by atoms with Gasteiger partial charge < -0.3 is 9.64 Å². The maximum absolute atomic E-state index is 12.5. The zero-order valence-electron chi connectivity index (χ0n) is 8.63. The third-order valence-corrected chi connectivity index (χ3v) is 2.55. The van der Waals surface area contributed by atoms with Gasteiger partial charge in [-0.2, -0.15) is 13.2 Å². The molecule has 2 rings (SSSR count). The fraction of sp³-hybridized carbons (Fsp3) is 0.455. The first-order chi connectivity index (χ1) is 7.57. The topological polar surface area (TPSA) is 12.5 Å². The molecule has 0 saturated carbocycles. The lowest BCUT2D eigenvalue weighted by molar-refractivity contribution is -0.137. The fourth-order valence-corrected chi connectivity index (χ4v) is 1.70. The monoisotopic (exact) mass is 231 g/mol. The first-order valence-electron chi connectivity index (χ1n) is 5.07. The first-order valence-corrected chi connectivity index (χ1v) is 5.07. The summed E-state index contributed by atoms with van der Waals surface area (Å²) in [5.41, 5.74) is 0.00890. The molecule has 0 amide bonds. The van der Waals surface area contributed by atoms with Gasteiger partial charge in [0, 0.05) is 18.8 Å². The largest absolute Gasteiger partial charge is 0.416 e. The average Bonchev–Trinajstić information content (AvgIpc) is 2.29. The average molecular weight is 231 g/mol. The number of nitrogens with zero attached hydrogens (tertiary/aromatic N) is 1. The molecule has 0 aromatic heterocycles. The molecule has 1 fully saturated rings. The van der Waals surface area contributed by atoms with Crippen LogP contribution in [0, 0.1) is 0 Å². The third-order valence-electron chi connectivity index (χ3n) is 2.55. The summed E-state index contributed by atoms with van der Waals surface area (Å²) in [6.07, 6.45) is -4.28. The number of hydrogen-bond donors (Lipinski definition) is 0. The first kappa shape index (κ1) is 11.3. The minimum Gasteiger partial charge on any atom is -0.378 e. The Morgan fingerprint density at radius 3 is 2.44 bits per heavy atom. The minimum atomic E-state index is -4.28. The number of anilines is 1. The van der Waals surface area contributed by atoms with Crippen molar-refractivity contribution in [3.05, 3.63) is 29.8 Å². The Hall–Kier alpha value is -1.23.